The number of aromatic nitrogens is 2. The lowest BCUT2D eigenvalue weighted by atomic mass is 10.1. The van der Waals surface area contributed by atoms with E-state index in [9.17, 15) is 0 Å². The zero-order valence-electron chi connectivity index (χ0n) is 15.2. The van der Waals surface area contributed by atoms with Crippen LogP contribution in [0.25, 0.3) is 16.8 Å². The number of aryl methyl sites for hydroxylation is 1. The summed E-state index contributed by atoms with van der Waals surface area (Å²) in [4.78, 5) is 7.40. The first-order valence-corrected chi connectivity index (χ1v) is 9.45. The van der Waals surface area contributed by atoms with Crippen molar-refractivity contribution >= 4 is 5.65 Å². The Morgan fingerprint density at radius 3 is 2.77 bits per heavy atom. The van der Waals surface area contributed by atoms with E-state index in [1.165, 1.54) is 25.9 Å². The molecule has 4 nitrogen and oxygen atoms in total. The number of pyridine rings is 1. The van der Waals surface area contributed by atoms with Crippen LogP contribution >= 0.6 is 0 Å². The molecular formula is C22H24N4. The predicted molar refractivity (Wildman–Crippen MR) is 104 cm³/mol. The molecule has 1 aromatic carbocycles. The predicted octanol–water partition coefficient (Wildman–Crippen LogP) is 4.29. The molecule has 0 N–H and O–H groups in total. The molecule has 1 atom stereocenters. The van der Waals surface area contributed by atoms with Crippen molar-refractivity contribution in [1.29, 1.82) is 5.26 Å². The summed E-state index contributed by atoms with van der Waals surface area (Å²) in [6, 6.07) is 14.8. The first-order valence-electron chi connectivity index (χ1n) is 9.45. The van der Waals surface area contributed by atoms with Gasteiger partial charge in [0.2, 0.25) is 0 Å². The van der Waals surface area contributed by atoms with E-state index in [0.717, 1.165) is 41.4 Å². The van der Waals surface area contributed by atoms with Crippen LogP contribution < -0.4 is 0 Å². The molecule has 4 heteroatoms. The van der Waals surface area contributed by atoms with E-state index in [1.54, 1.807) is 0 Å². The second-order valence-electron chi connectivity index (χ2n) is 7.23. The molecule has 0 radical (unpaired) electrons. The fraction of sp³-hybridized carbons (Fsp3) is 0.364. The molecule has 3 aromatic rings. The van der Waals surface area contributed by atoms with Crippen LogP contribution in [0.3, 0.4) is 0 Å². The molecular weight excluding hydrogens is 320 g/mol. The Kier molecular flexibility index (Phi) is 4.73. The van der Waals surface area contributed by atoms with Crippen LogP contribution in [0.2, 0.25) is 0 Å². The highest BCUT2D eigenvalue weighted by Gasteiger charge is 2.19. The first-order chi connectivity index (χ1) is 12.7. The van der Waals surface area contributed by atoms with Gasteiger partial charge in [0.1, 0.15) is 5.65 Å². The van der Waals surface area contributed by atoms with E-state index < -0.39 is 0 Å². The van der Waals surface area contributed by atoms with Gasteiger partial charge in [-0.2, -0.15) is 5.26 Å². The summed E-state index contributed by atoms with van der Waals surface area (Å²) >= 11 is 0. The number of nitriles is 1. The van der Waals surface area contributed by atoms with Crippen LogP contribution in [0.1, 0.15) is 37.4 Å². The molecule has 0 amide bonds. The molecule has 2 aromatic heterocycles. The highest BCUT2D eigenvalue weighted by atomic mass is 15.2. The van der Waals surface area contributed by atoms with Gasteiger partial charge in [-0.15, -0.1) is 0 Å². The van der Waals surface area contributed by atoms with E-state index in [4.69, 9.17) is 10.2 Å². The highest BCUT2D eigenvalue weighted by molar-refractivity contribution is 5.68. The number of hydrogen-bond acceptors (Lipinski definition) is 3. The van der Waals surface area contributed by atoms with E-state index in [2.05, 4.69) is 46.8 Å². The maximum Gasteiger partial charge on any atom is 0.137 e. The van der Waals surface area contributed by atoms with Crippen molar-refractivity contribution < 1.29 is 0 Å². The van der Waals surface area contributed by atoms with Gasteiger partial charge in [0.25, 0.3) is 0 Å². The molecule has 1 aliphatic rings. The molecule has 132 valence electrons. The summed E-state index contributed by atoms with van der Waals surface area (Å²) in [6.45, 7) is 4.76. The lowest BCUT2D eigenvalue weighted by Gasteiger charge is -2.20. The van der Waals surface area contributed by atoms with Crippen LogP contribution in [0.15, 0.2) is 48.8 Å². The normalized spacial score (nSPS) is 17.6. The third-order valence-corrected chi connectivity index (χ3v) is 5.43. The third kappa shape index (κ3) is 3.49. The van der Waals surface area contributed by atoms with Gasteiger partial charge in [0.15, 0.2) is 0 Å². The average Bonchev–Trinajstić information content (AvgIpc) is 3.27. The Balaban J connectivity index is 1.46. The van der Waals surface area contributed by atoms with Crippen molar-refractivity contribution in [3.8, 4) is 17.2 Å². The number of nitrogens with zero attached hydrogens (tertiary/aromatic N) is 4. The second-order valence-corrected chi connectivity index (χ2v) is 7.23. The Hall–Kier alpha value is -2.64. The first kappa shape index (κ1) is 16.8. The van der Waals surface area contributed by atoms with Gasteiger partial charge in [0.05, 0.1) is 17.3 Å². The maximum absolute atomic E-state index is 8.93. The molecule has 0 bridgehead atoms. The number of benzene rings is 1. The van der Waals surface area contributed by atoms with E-state index >= 15 is 0 Å². The zero-order chi connectivity index (χ0) is 17.9. The summed E-state index contributed by atoms with van der Waals surface area (Å²) in [6.07, 6.45) is 9.08. The monoisotopic (exact) mass is 344 g/mol. The number of fused-ring (bicyclic) bond motifs is 1. The van der Waals surface area contributed by atoms with Crippen LogP contribution in [0.5, 0.6) is 0 Å². The van der Waals surface area contributed by atoms with Crippen LogP contribution in [0, 0.1) is 11.3 Å². The summed E-state index contributed by atoms with van der Waals surface area (Å²) in [7, 11) is 0. The quantitative estimate of drug-likeness (QED) is 0.693. The van der Waals surface area contributed by atoms with E-state index in [0.29, 0.717) is 5.56 Å². The molecule has 0 aliphatic carbocycles. The Morgan fingerprint density at radius 2 is 2.04 bits per heavy atom. The SMILES string of the molecule is CC1CCCN1CCCc1cn2ccc(-c3ccc(C#N)cc3)cc2n1. The summed E-state index contributed by atoms with van der Waals surface area (Å²) in [5.41, 5.74) is 5.07. The Morgan fingerprint density at radius 1 is 1.19 bits per heavy atom. The Bertz CT molecular complexity index is 933. The summed E-state index contributed by atoms with van der Waals surface area (Å²) in [5, 5.41) is 8.93. The number of likely N-dealkylation sites (tertiary alicyclic amines) is 1. The second kappa shape index (κ2) is 7.31. The molecule has 1 aliphatic heterocycles. The minimum atomic E-state index is 0.685. The Labute approximate surface area is 154 Å². The van der Waals surface area contributed by atoms with Crippen molar-refractivity contribution in [3.63, 3.8) is 0 Å². The fourth-order valence-electron chi connectivity index (χ4n) is 3.86. The number of rotatable bonds is 5. The van der Waals surface area contributed by atoms with Crippen LogP contribution in [0.4, 0.5) is 0 Å². The lowest BCUT2D eigenvalue weighted by Crippen LogP contribution is -2.28. The summed E-state index contributed by atoms with van der Waals surface area (Å²) < 4.78 is 2.10. The van der Waals surface area contributed by atoms with E-state index in [-0.39, 0.29) is 0 Å². The molecule has 26 heavy (non-hydrogen) atoms. The zero-order valence-corrected chi connectivity index (χ0v) is 15.2. The molecule has 1 fully saturated rings. The number of imidazole rings is 1. The van der Waals surface area contributed by atoms with Gasteiger partial charge >= 0.3 is 0 Å². The smallest absolute Gasteiger partial charge is 0.137 e. The topological polar surface area (TPSA) is 44.3 Å². The van der Waals surface area contributed by atoms with Gasteiger partial charge in [-0.1, -0.05) is 12.1 Å². The van der Waals surface area contributed by atoms with Crippen molar-refractivity contribution in [2.75, 3.05) is 13.1 Å². The van der Waals surface area contributed by atoms with Gasteiger partial charge < -0.3 is 9.30 Å². The minimum absolute atomic E-state index is 0.685. The molecule has 4 rings (SSSR count). The summed E-state index contributed by atoms with van der Waals surface area (Å²) in [5.74, 6) is 0. The van der Waals surface area contributed by atoms with Gasteiger partial charge in [-0.05, 0) is 81.1 Å². The molecule has 1 saturated heterocycles. The third-order valence-electron chi connectivity index (χ3n) is 5.43. The van der Waals surface area contributed by atoms with Gasteiger partial charge in [-0.3, -0.25) is 0 Å². The van der Waals surface area contributed by atoms with Crippen molar-refractivity contribution in [2.45, 2.75) is 38.6 Å². The van der Waals surface area contributed by atoms with E-state index in [1.807, 2.05) is 24.3 Å². The lowest BCUT2D eigenvalue weighted by molar-refractivity contribution is 0.265. The van der Waals surface area contributed by atoms with Crippen molar-refractivity contribution in [1.82, 2.24) is 14.3 Å². The number of hydrogen-bond donors (Lipinski definition) is 0. The highest BCUT2D eigenvalue weighted by Crippen LogP contribution is 2.22. The maximum atomic E-state index is 8.93. The van der Waals surface area contributed by atoms with Gasteiger partial charge in [0, 0.05) is 18.4 Å². The molecule has 0 saturated carbocycles. The average molecular weight is 344 g/mol. The van der Waals surface area contributed by atoms with Gasteiger partial charge in [-0.25, -0.2) is 4.98 Å². The molecule has 0 spiro atoms. The van der Waals surface area contributed by atoms with Crippen LogP contribution in [-0.4, -0.2) is 33.4 Å². The fourth-order valence-corrected chi connectivity index (χ4v) is 3.86. The van der Waals surface area contributed by atoms with Crippen molar-refractivity contribution in [3.05, 3.63) is 60.0 Å². The van der Waals surface area contributed by atoms with Crippen LogP contribution in [-0.2, 0) is 6.42 Å². The minimum Gasteiger partial charge on any atom is -0.307 e. The molecule has 3 heterocycles. The largest absolute Gasteiger partial charge is 0.307 e. The standard InChI is InChI=1S/C22H24N4/c1-17-4-2-11-25(17)12-3-5-21-16-26-13-10-20(14-22(26)24-21)19-8-6-18(15-23)7-9-19/h6-10,13-14,16-17H,2-5,11-12H2,1H3. The molecule has 1 unspecified atom stereocenters. The van der Waals surface area contributed by atoms with Crippen molar-refractivity contribution in [2.24, 2.45) is 0 Å².